The van der Waals surface area contributed by atoms with E-state index in [9.17, 15) is 52.2 Å². The minimum Gasteiger partial charge on any atom is -0.398 e. The molecular formula is C55H65N5O15S. The van der Waals surface area contributed by atoms with Gasteiger partial charge >= 0.3 is 0 Å². The largest absolute Gasteiger partial charge is 0.398 e. The van der Waals surface area contributed by atoms with Crippen LogP contribution in [-0.2, 0) is 59.2 Å². The summed E-state index contributed by atoms with van der Waals surface area (Å²) in [7, 11) is -1.41. The molecule has 2 aliphatic heterocycles. The summed E-state index contributed by atoms with van der Waals surface area (Å²) in [6.45, 7) is 4.02. The molecule has 0 bridgehead atoms. The number of aliphatic hydroxyl groups excluding tert-OH is 2. The summed E-state index contributed by atoms with van der Waals surface area (Å²) in [6.07, 6.45) is -5.21. The summed E-state index contributed by atoms with van der Waals surface area (Å²) >= 11 is 0. The summed E-state index contributed by atoms with van der Waals surface area (Å²) in [4.78, 5) is 96.7. The Morgan fingerprint density at radius 3 is 2.24 bits per heavy atom. The quantitative estimate of drug-likeness (QED) is 0.0513. The zero-order valence-electron chi connectivity index (χ0n) is 43.0. The van der Waals surface area contributed by atoms with Gasteiger partial charge in [0.25, 0.3) is 0 Å². The van der Waals surface area contributed by atoms with E-state index in [0.717, 1.165) is 5.56 Å². The minimum absolute atomic E-state index is 0.0719. The number of nitrogens with two attached hydrogens (primary N) is 1. The molecule has 406 valence electrons. The summed E-state index contributed by atoms with van der Waals surface area (Å²) in [6, 6.07) is 21.2. The number of methoxy groups -OCH3 is 2. The predicted octanol–water partition coefficient (Wildman–Crippen LogP) is 3.02. The SMILES string of the molecule is CO[C@@H]1OC(COCC(=O)NC(C)C(=O)CC(C)C(=O)N2CCCC2C(=O)CC(Cc2ccccc2)C(=O)NCCS(=O)(=O)c2cccc(Nc3cc(C)c(N)c4c3C(=O)c3ccccc3C4=O)c2)[C@@H](OC)[C@H](O)C1O. The summed E-state index contributed by atoms with van der Waals surface area (Å²) in [5.41, 5.74) is 9.04. The predicted molar refractivity (Wildman–Crippen MR) is 277 cm³/mol. The molecule has 0 radical (unpaired) electrons. The first kappa shape index (κ1) is 57.0. The maximum Gasteiger partial charge on any atom is 0.246 e. The smallest absolute Gasteiger partial charge is 0.246 e. The average Bonchev–Trinajstić information content (AvgIpc) is 3.93. The first-order valence-electron chi connectivity index (χ1n) is 25.1. The van der Waals surface area contributed by atoms with Crippen molar-refractivity contribution in [3.63, 3.8) is 0 Å². The average molecular weight is 1070 g/mol. The van der Waals surface area contributed by atoms with Gasteiger partial charge in [0.2, 0.25) is 17.7 Å². The van der Waals surface area contributed by atoms with Crippen LogP contribution in [0.25, 0.3) is 0 Å². The van der Waals surface area contributed by atoms with Crippen LogP contribution in [0.2, 0.25) is 0 Å². The van der Waals surface area contributed by atoms with Crippen molar-refractivity contribution in [2.75, 3.05) is 57.3 Å². The Hall–Kier alpha value is -6.72. The lowest BCUT2D eigenvalue weighted by molar-refractivity contribution is -0.299. The molecule has 3 aliphatic rings. The molecule has 21 heteroatoms. The molecule has 2 fully saturated rings. The number of aliphatic hydroxyl groups is 2. The topological polar surface area (TPSA) is 296 Å². The molecule has 2 heterocycles. The number of ketones is 4. The third kappa shape index (κ3) is 12.9. The number of hydrogen-bond acceptors (Lipinski definition) is 17. The highest BCUT2D eigenvalue weighted by Gasteiger charge is 2.45. The van der Waals surface area contributed by atoms with Gasteiger partial charge in [0.15, 0.2) is 39.3 Å². The molecule has 0 spiro atoms. The van der Waals surface area contributed by atoms with Gasteiger partial charge < -0.3 is 55.7 Å². The van der Waals surface area contributed by atoms with Gasteiger partial charge in [0, 0.05) is 74.5 Å². The number of aryl methyl sites for hydroxylation is 1. The van der Waals surface area contributed by atoms with Crippen molar-refractivity contribution in [3.05, 3.63) is 118 Å². The number of carbonyl (C=O) groups is 7. The van der Waals surface area contributed by atoms with Crippen LogP contribution in [0.3, 0.4) is 0 Å². The molecule has 0 aromatic heterocycles. The van der Waals surface area contributed by atoms with Gasteiger partial charge in [-0.05, 0) is 68.5 Å². The number of sulfone groups is 1. The van der Waals surface area contributed by atoms with Crippen LogP contribution in [-0.4, -0.2) is 153 Å². The van der Waals surface area contributed by atoms with Crippen LogP contribution in [0.1, 0.15) is 82.5 Å². The van der Waals surface area contributed by atoms with Gasteiger partial charge in [0.05, 0.1) is 46.2 Å². The molecule has 4 aromatic carbocycles. The van der Waals surface area contributed by atoms with E-state index in [4.69, 9.17) is 24.7 Å². The highest BCUT2D eigenvalue weighted by Crippen LogP contribution is 2.39. The van der Waals surface area contributed by atoms with Crippen molar-refractivity contribution < 1.29 is 71.1 Å². The summed E-state index contributed by atoms with van der Waals surface area (Å²) in [5.74, 6) is -5.49. The highest BCUT2D eigenvalue weighted by atomic mass is 32.2. The lowest BCUT2D eigenvalue weighted by atomic mass is 9.81. The number of anilines is 3. The molecular weight excluding hydrogens is 1000 g/mol. The van der Waals surface area contributed by atoms with E-state index in [1.165, 1.54) is 44.2 Å². The number of Topliss-reactive ketones (excluding diaryl/α,β-unsaturated/α-hetero) is 2. The van der Waals surface area contributed by atoms with E-state index in [1.54, 1.807) is 62.4 Å². The standard InChI is InChI=1S/C55H65N5O15S/c1-30-23-39(45-46(47(30)56)49(65)38-18-10-9-17-37(38)48(45)64)59-35-15-11-16-36(27-35)76(70,71)22-20-57-53(68)34(25-33-13-7-6-8-14-33)26-42(62)40-19-12-21-60(40)54(69)31(2)24-41(61)32(3)58-44(63)29-74-28-43-52(72-4)50(66)51(67)55(73-5)75-43/h6-11,13-18,23,27,31-32,34,40,43,50-52,55,59,66-67H,12,19-22,24-26,28-29,56H2,1-5H3,(H,57,68)(H,58,63)/t31?,32?,34?,40?,43?,50-,51?,52-,55-/m1/s1. The Bertz CT molecular complexity index is 2950. The highest BCUT2D eigenvalue weighted by molar-refractivity contribution is 7.91. The Morgan fingerprint density at radius 1 is 0.868 bits per heavy atom. The van der Waals surface area contributed by atoms with Gasteiger partial charge in [0.1, 0.15) is 31.0 Å². The zero-order valence-corrected chi connectivity index (χ0v) is 43.8. The van der Waals surface area contributed by atoms with Crippen LogP contribution in [0.15, 0.2) is 89.8 Å². The van der Waals surface area contributed by atoms with Crippen molar-refractivity contribution in [2.45, 2.75) is 101 Å². The number of fused-ring (bicyclic) bond motifs is 2. The molecule has 9 atom stereocenters. The lowest BCUT2D eigenvalue weighted by Gasteiger charge is -2.41. The number of amides is 3. The second-order valence-electron chi connectivity index (χ2n) is 19.5. The van der Waals surface area contributed by atoms with Gasteiger partial charge in [-0.1, -0.05) is 67.6 Å². The zero-order chi connectivity index (χ0) is 55.0. The van der Waals surface area contributed by atoms with E-state index in [0.29, 0.717) is 24.1 Å². The third-order valence-electron chi connectivity index (χ3n) is 14.1. The van der Waals surface area contributed by atoms with Gasteiger partial charge in [-0.3, -0.25) is 33.6 Å². The summed E-state index contributed by atoms with van der Waals surface area (Å²) < 4.78 is 49.0. The van der Waals surface area contributed by atoms with E-state index >= 15 is 0 Å². The van der Waals surface area contributed by atoms with Gasteiger partial charge in [-0.15, -0.1) is 0 Å². The van der Waals surface area contributed by atoms with E-state index in [-0.39, 0.29) is 83.3 Å². The van der Waals surface area contributed by atoms with Crippen molar-refractivity contribution >= 4 is 67.8 Å². The molecule has 20 nitrogen and oxygen atoms in total. The second-order valence-corrected chi connectivity index (χ2v) is 21.6. The van der Waals surface area contributed by atoms with Crippen LogP contribution in [0.4, 0.5) is 17.1 Å². The molecule has 0 saturated carbocycles. The van der Waals surface area contributed by atoms with E-state index < -0.39 is 112 Å². The Labute approximate surface area is 440 Å². The molecule has 3 amide bonds. The number of ether oxygens (including phenoxy) is 4. The second kappa shape index (κ2) is 25.0. The monoisotopic (exact) mass is 1070 g/mol. The van der Waals surface area contributed by atoms with Crippen LogP contribution in [0.5, 0.6) is 0 Å². The fourth-order valence-corrected chi connectivity index (χ4v) is 11.2. The maximum absolute atomic E-state index is 14.1. The molecule has 7 rings (SSSR count). The number of carbonyl (C=O) groups excluding carboxylic acids is 7. The van der Waals surface area contributed by atoms with Crippen molar-refractivity contribution in [1.82, 2.24) is 15.5 Å². The number of nitrogen functional groups attached to an aromatic ring is 1. The number of benzene rings is 4. The Balaban J connectivity index is 0.931. The number of hydrogen-bond donors (Lipinski definition) is 6. The summed E-state index contributed by atoms with van der Waals surface area (Å²) in [5, 5.41) is 29.0. The van der Waals surface area contributed by atoms with E-state index in [2.05, 4.69) is 16.0 Å². The van der Waals surface area contributed by atoms with Gasteiger partial charge in [-0.25, -0.2) is 8.42 Å². The Morgan fingerprint density at radius 2 is 1.55 bits per heavy atom. The molecule has 7 N–H and O–H groups in total. The minimum atomic E-state index is -4.03. The van der Waals surface area contributed by atoms with Crippen molar-refractivity contribution in [1.29, 1.82) is 0 Å². The van der Waals surface area contributed by atoms with Crippen molar-refractivity contribution in [3.8, 4) is 0 Å². The molecule has 4 aromatic rings. The third-order valence-corrected chi connectivity index (χ3v) is 15.8. The number of nitrogens with one attached hydrogen (secondary N) is 3. The van der Waals surface area contributed by atoms with Crippen LogP contribution >= 0.6 is 0 Å². The first-order chi connectivity index (χ1) is 36.2. The molecule has 6 unspecified atom stereocenters. The van der Waals surface area contributed by atoms with Crippen LogP contribution < -0.4 is 21.7 Å². The number of likely N-dealkylation sites (tertiary alicyclic amines) is 1. The molecule has 1 aliphatic carbocycles. The van der Waals surface area contributed by atoms with Crippen molar-refractivity contribution in [2.24, 2.45) is 11.8 Å². The molecule has 2 saturated heterocycles. The van der Waals surface area contributed by atoms with E-state index in [1.807, 2.05) is 18.2 Å². The fourth-order valence-electron chi connectivity index (χ4n) is 9.95. The normalized spacial score (nSPS) is 21.4. The lowest BCUT2D eigenvalue weighted by Crippen LogP contribution is -2.59. The maximum atomic E-state index is 14.1. The molecule has 76 heavy (non-hydrogen) atoms. The Kier molecular flexibility index (Phi) is 18.7. The first-order valence-corrected chi connectivity index (χ1v) is 26.7. The fraction of sp³-hybridized carbons (Fsp3) is 0.436. The van der Waals surface area contributed by atoms with Gasteiger partial charge in [-0.2, -0.15) is 0 Å². The number of nitrogens with zero attached hydrogens (tertiary/aromatic N) is 1. The van der Waals surface area contributed by atoms with Crippen LogP contribution in [0, 0.1) is 18.8 Å². The number of rotatable bonds is 23.